The van der Waals surface area contributed by atoms with Gasteiger partial charge in [-0.2, -0.15) is 5.10 Å². The number of rotatable bonds is 4. The first-order valence-corrected chi connectivity index (χ1v) is 6.49. The summed E-state index contributed by atoms with van der Waals surface area (Å²) in [6, 6.07) is 0. The van der Waals surface area contributed by atoms with Gasteiger partial charge in [-0.3, -0.25) is 9.67 Å². The molecule has 3 heterocycles. The third kappa shape index (κ3) is 2.06. The highest BCUT2D eigenvalue weighted by Gasteiger charge is 2.31. The first kappa shape index (κ1) is 11.5. The highest BCUT2D eigenvalue weighted by molar-refractivity contribution is 5.89. The van der Waals surface area contributed by atoms with Gasteiger partial charge in [0.2, 0.25) is 0 Å². The minimum Gasteiger partial charge on any atom is -0.396 e. The molecule has 0 aromatic carbocycles. The van der Waals surface area contributed by atoms with Crippen LogP contribution in [0.4, 0.5) is 0 Å². The van der Waals surface area contributed by atoms with Gasteiger partial charge >= 0.3 is 0 Å². The molecule has 18 heavy (non-hydrogen) atoms. The van der Waals surface area contributed by atoms with Crippen molar-refractivity contribution in [3.05, 3.63) is 30.2 Å². The first-order chi connectivity index (χ1) is 8.88. The van der Waals surface area contributed by atoms with Crippen LogP contribution < -0.4 is 5.32 Å². The zero-order chi connectivity index (χ0) is 12.4. The molecule has 2 aliphatic rings. The number of aryl methyl sites for hydroxylation is 1. The van der Waals surface area contributed by atoms with Gasteiger partial charge in [-0.1, -0.05) is 6.08 Å². The largest absolute Gasteiger partial charge is 0.396 e. The molecule has 2 unspecified atom stereocenters. The van der Waals surface area contributed by atoms with Gasteiger partial charge in [-0.15, -0.1) is 0 Å². The number of aromatic nitrogens is 2. The summed E-state index contributed by atoms with van der Waals surface area (Å²) in [4.78, 5) is 4.48. The predicted octanol–water partition coefficient (Wildman–Crippen LogP) is 0.884. The van der Waals surface area contributed by atoms with Crippen LogP contribution in [0.15, 0.2) is 29.7 Å². The average molecular weight is 246 g/mol. The summed E-state index contributed by atoms with van der Waals surface area (Å²) < 4.78 is 1.91. The third-order valence-electron chi connectivity index (χ3n) is 3.63. The molecule has 0 fully saturated rings. The second kappa shape index (κ2) is 4.94. The SMILES string of the molecule is OCCCn1cc(C2C=CNC3=NCCC32)cn1. The molecule has 1 aromatic heterocycles. The molecule has 5 nitrogen and oxygen atoms in total. The maximum atomic E-state index is 8.83. The smallest absolute Gasteiger partial charge is 0.104 e. The van der Waals surface area contributed by atoms with Crippen LogP contribution in [0.5, 0.6) is 0 Å². The Kier molecular flexibility index (Phi) is 3.15. The standard InChI is InChI=1S/C13H18N4O/c18-7-1-6-17-9-10(8-16-17)11-2-4-14-13-12(11)3-5-15-13/h2,4,8-9,11-12,18H,1,3,5-7H2,(H,14,15). The number of fused-ring (bicyclic) bond motifs is 1. The van der Waals surface area contributed by atoms with E-state index in [4.69, 9.17) is 5.11 Å². The Balaban J connectivity index is 1.77. The van der Waals surface area contributed by atoms with Crippen molar-refractivity contribution in [1.82, 2.24) is 15.1 Å². The van der Waals surface area contributed by atoms with Gasteiger partial charge < -0.3 is 10.4 Å². The minimum atomic E-state index is 0.210. The van der Waals surface area contributed by atoms with E-state index in [0.29, 0.717) is 11.8 Å². The maximum absolute atomic E-state index is 8.83. The van der Waals surface area contributed by atoms with E-state index in [0.717, 1.165) is 31.8 Å². The molecule has 2 aliphatic heterocycles. The summed E-state index contributed by atoms with van der Waals surface area (Å²) in [6.07, 6.45) is 10.1. The summed E-state index contributed by atoms with van der Waals surface area (Å²) in [7, 11) is 0. The summed E-state index contributed by atoms with van der Waals surface area (Å²) in [6.45, 7) is 1.91. The second-order valence-corrected chi connectivity index (χ2v) is 4.81. The number of aliphatic hydroxyl groups is 1. The van der Waals surface area contributed by atoms with Crippen LogP contribution in [0.2, 0.25) is 0 Å². The molecule has 2 N–H and O–H groups in total. The lowest BCUT2D eigenvalue weighted by Gasteiger charge is -2.24. The number of allylic oxidation sites excluding steroid dienone is 1. The van der Waals surface area contributed by atoms with E-state index in [9.17, 15) is 0 Å². The van der Waals surface area contributed by atoms with Crippen molar-refractivity contribution in [3.8, 4) is 0 Å². The Morgan fingerprint density at radius 2 is 2.44 bits per heavy atom. The van der Waals surface area contributed by atoms with Gasteiger partial charge in [0.1, 0.15) is 5.84 Å². The number of hydrogen-bond acceptors (Lipinski definition) is 4. The van der Waals surface area contributed by atoms with Crippen molar-refractivity contribution in [2.45, 2.75) is 25.3 Å². The number of nitrogens with zero attached hydrogens (tertiary/aromatic N) is 3. The van der Waals surface area contributed by atoms with Gasteiger partial charge in [0.05, 0.1) is 6.20 Å². The molecule has 0 spiro atoms. The molecule has 0 saturated heterocycles. The van der Waals surface area contributed by atoms with Crippen molar-refractivity contribution in [2.24, 2.45) is 10.9 Å². The number of aliphatic hydroxyl groups excluding tert-OH is 1. The zero-order valence-electron chi connectivity index (χ0n) is 10.3. The zero-order valence-corrected chi connectivity index (χ0v) is 10.3. The monoisotopic (exact) mass is 246 g/mol. The minimum absolute atomic E-state index is 0.210. The van der Waals surface area contributed by atoms with E-state index in [2.05, 4.69) is 27.7 Å². The predicted molar refractivity (Wildman–Crippen MR) is 69.4 cm³/mol. The summed E-state index contributed by atoms with van der Waals surface area (Å²) in [5.74, 6) is 1.98. The Bertz CT molecular complexity index is 477. The quantitative estimate of drug-likeness (QED) is 0.829. The molecule has 0 aliphatic carbocycles. The lowest BCUT2D eigenvalue weighted by atomic mass is 9.84. The third-order valence-corrected chi connectivity index (χ3v) is 3.63. The average Bonchev–Trinajstić information content (AvgIpc) is 3.04. The van der Waals surface area contributed by atoms with Crippen molar-refractivity contribution >= 4 is 5.84 Å². The summed E-state index contributed by atoms with van der Waals surface area (Å²) in [5.41, 5.74) is 1.24. The first-order valence-electron chi connectivity index (χ1n) is 6.49. The van der Waals surface area contributed by atoms with Gasteiger partial charge in [-0.25, -0.2) is 0 Å². The molecule has 1 aromatic rings. The molecule has 0 radical (unpaired) electrons. The fourth-order valence-electron chi connectivity index (χ4n) is 2.70. The molecule has 0 amide bonds. The van der Waals surface area contributed by atoms with Crippen LogP contribution in [0, 0.1) is 5.92 Å². The van der Waals surface area contributed by atoms with Gasteiger partial charge in [0.15, 0.2) is 0 Å². The maximum Gasteiger partial charge on any atom is 0.104 e. The fraction of sp³-hybridized carbons (Fsp3) is 0.538. The molecular weight excluding hydrogens is 228 g/mol. The number of hydrogen-bond donors (Lipinski definition) is 2. The van der Waals surface area contributed by atoms with Crippen LogP contribution in [0.25, 0.3) is 0 Å². The lowest BCUT2D eigenvalue weighted by Crippen LogP contribution is -2.31. The molecule has 0 bridgehead atoms. The Morgan fingerprint density at radius 3 is 3.33 bits per heavy atom. The molecule has 96 valence electrons. The normalized spacial score (nSPS) is 25.7. The van der Waals surface area contributed by atoms with E-state index in [1.807, 2.05) is 17.1 Å². The number of nitrogens with one attached hydrogen (secondary N) is 1. The van der Waals surface area contributed by atoms with Crippen LogP contribution in [0.3, 0.4) is 0 Å². The van der Waals surface area contributed by atoms with E-state index in [1.54, 1.807) is 0 Å². The molecular formula is C13H18N4O. The van der Waals surface area contributed by atoms with Crippen LogP contribution in [-0.2, 0) is 6.54 Å². The summed E-state index contributed by atoms with van der Waals surface area (Å²) >= 11 is 0. The molecule has 0 saturated carbocycles. The van der Waals surface area contributed by atoms with Crippen molar-refractivity contribution in [1.29, 1.82) is 0 Å². The van der Waals surface area contributed by atoms with Crippen LogP contribution in [0.1, 0.15) is 24.3 Å². The van der Waals surface area contributed by atoms with Gasteiger partial charge in [0, 0.05) is 37.7 Å². The van der Waals surface area contributed by atoms with Crippen molar-refractivity contribution < 1.29 is 5.11 Å². The molecule has 5 heteroatoms. The fourth-order valence-corrected chi connectivity index (χ4v) is 2.70. The van der Waals surface area contributed by atoms with E-state index in [-0.39, 0.29) is 6.61 Å². The van der Waals surface area contributed by atoms with Crippen molar-refractivity contribution in [3.63, 3.8) is 0 Å². The highest BCUT2D eigenvalue weighted by Crippen LogP contribution is 2.33. The molecule has 3 rings (SSSR count). The van der Waals surface area contributed by atoms with E-state index in [1.165, 1.54) is 5.56 Å². The van der Waals surface area contributed by atoms with Crippen LogP contribution >= 0.6 is 0 Å². The van der Waals surface area contributed by atoms with E-state index >= 15 is 0 Å². The second-order valence-electron chi connectivity index (χ2n) is 4.81. The molecule has 2 atom stereocenters. The Hall–Kier alpha value is -1.62. The van der Waals surface area contributed by atoms with Gasteiger partial charge in [-0.05, 0) is 24.6 Å². The topological polar surface area (TPSA) is 62.4 Å². The lowest BCUT2D eigenvalue weighted by molar-refractivity contribution is 0.277. The van der Waals surface area contributed by atoms with E-state index < -0.39 is 0 Å². The Labute approximate surface area is 106 Å². The Morgan fingerprint density at radius 1 is 1.50 bits per heavy atom. The number of amidine groups is 1. The van der Waals surface area contributed by atoms with Crippen LogP contribution in [-0.4, -0.2) is 33.9 Å². The number of aliphatic imine (C=N–C) groups is 1. The van der Waals surface area contributed by atoms with Gasteiger partial charge in [0.25, 0.3) is 0 Å². The summed E-state index contributed by atoms with van der Waals surface area (Å²) in [5, 5.41) is 16.4. The highest BCUT2D eigenvalue weighted by atomic mass is 16.3. The van der Waals surface area contributed by atoms with Crippen molar-refractivity contribution in [2.75, 3.05) is 13.2 Å².